The molecule has 24 heavy (non-hydrogen) atoms. The molecule has 6 heteroatoms. The minimum absolute atomic E-state index is 0.576. The van der Waals surface area contributed by atoms with Crippen molar-refractivity contribution in [3.05, 3.63) is 24.2 Å². The summed E-state index contributed by atoms with van der Waals surface area (Å²) in [6.07, 6.45) is 6.00. The van der Waals surface area contributed by atoms with Gasteiger partial charge in [0.15, 0.2) is 5.82 Å². The first-order chi connectivity index (χ1) is 11.8. The number of piperidine rings is 1. The number of anilines is 1. The number of fused-ring (bicyclic) bond motifs is 3. The lowest BCUT2D eigenvalue weighted by Gasteiger charge is -2.33. The fraction of sp³-hybridized carbons (Fsp3) is 0.611. The van der Waals surface area contributed by atoms with E-state index in [2.05, 4.69) is 24.9 Å². The molecule has 0 N–H and O–H groups in total. The molecule has 0 aliphatic carbocycles. The molecule has 0 spiro atoms. The largest absolute Gasteiger partial charge is 0.355 e. The third kappa shape index (κ3) is 2.24. The molecule has 5 heterocycles. The van der Waals surface area contributed by atoms with Gasteiger partial charge in [0.2, 0.25) is 0 Å². The van der Waals surface area contributed by atoms with Crippen LogP contribution in [0.25, 0.3) is 11.5 Å². The van der Waals surface area contributed by atoms with Crippen LogP contribution in [0.1, 0.15) is 25.1 Å². The first-order valence-corrected chi connectivity index (χ1v) is 9.04. The van der Waals surface area contributed by atoms with Crippen LogP contribution in [0.5, 0.6) is 0 Å². The number of aryl methyl sites for hydroxylation is 1. The second-order valence-electron chi connectivity index (χ2n) is 7.41. The Morgan fingerprint density at radius 3 is 3.04 bits per heavy atom. The molecular weight excluding hydrogens is 302 g/mol. The Kier molecular flexibility index (Phi) is 3.33. The minimum atomic E-state index is 0.576. The lowest BCUT2D eigenvalue weighted by molar-refractivity contribution is 0.173. The van der Waals surface area contributed by atoms with Crippen molar-refractivity contribution < 1.29 is 4.52 Å². The zero-order chi connectivity index (χ0) is 16.1. The van der Waals surface area contributed by atoms with Gasteiger partial charge in [0.05, 0.1) is 5.56 Å². The lowest BCUT2D eigenvalue weighted by atomic mass is 9.90. The number of rotatable bonds is 2. The summed E-state index contributed by atoms with van der Waals surface area (Å²) in [6.45, 7) is 6.60. The van der Waals surface area contributed by atoms with E-state index in [0.717, 1.165) is 42.3 Å². The third-order valence-corrected chi connectivity index (χ3v) is 5.96. The van der Waals surface area contributed by atoms with Crippen molar-refractivity contribution in [1.29, 1.82) is 0 Å². The Balaban J connectivity index is 1.43. The molecule has 5 rings (SSSR count). The summed E-state index contributed by atoms with van der Waals surface area (Å²) < 4.78 is 5.39. The highest BCUT2D eigenvalue weighted by atomic mass is 16.5. The van der Waals surface area contributed by atoms with Crippen LogP contribution in [0, 0.1) is 18.8 Å². The molecule has 0 radical (unpaired) electrons. The molecule has 3 atom stereocenters. The van der Waals surface area contributed by atoms with Crippen molar-refractivity contribution in [1.82, 2.24) is 20.0 Å². The predicted octanol–water partition coefficient (Wildman–Crippen LogP) is 2.36. The number of pyridine rings is 1. The highest BCUT2D eigenvalue weighted by Crippen LogP contribution is 2.42. The fourth-order valence-corrected chi connectivity index (χ4v) is 4.95. The Morgan fingerprint density at radius 2 is 2.17 bits per heavy atom. The molecule has 3 saturated heterocycles. The van der Waals surface area contributed by atoms with Gasteiger partial charge in [-0.25, -0.2) is 4.98 Å². The maximum atomic E-state index is 5.39. The van der Waals surface area contributed by atoms with Gasteiger partial charge in [-0.15, -0.1) is 0 Å². The number of nitrogens with zero attached hydrogens (tertiary/aromatic N) is 5. The summed E-state index contributed by atoms with van der Waals surface area (Å²) in [5.41, 5.74) is 0.957. The van der Waals surface area contributed by atoms with Gasteiger partial charge in [0, 0.05) is 31.9 Å². The summed E-state index contributed by atoms with van der Waals surface area (Å²) in [5.74, 6) is 3.79. The Bertz CT molecular complexity index is 745. The molecule has 0 amide bonds. The van der Waals surface area contributed by atoms with Gasteiger partial charge in [-0.05, 0) is 50.3 Å². The van der Waals surface area contributed by atoms with Gasteiger partial charge in [-0.3, -0.25) is 4.90 Å². The van der Waals surface area contributed by atoms with E-state index in [1.807, 2.05) is 25.3 Å². The molecule has 6 nitrogen and oxygen atoms in total. The van der Waals surface area contributed by atoms with Gasteiger partial charge in [0.25, 0.3) is 5.89 Å². The SMILES string of the molecule is Cc1noc(-c2cccnc2N2C[C@@H]3CN4CCCC[C@@H]4[C@H]3C2)n1. The second kappa shape index (κ2) is 5.55. The Morgan fingerprint density at radius 1 is 1.21 bits per heavy atom. The third-order valence-electron chi connectivity index (χ3n) is 5.96. The van der Waals surface area contributed by atoms with E-state index in [-0.39, 0.29) is 0 Å². The highest BCUT2D eigenvalue weighted by Gasteiger charge is 2.47. The normalized spacial score (nSPS) is 29.7. The Labute approximate surface area is 141 Å². The van der Waals surface area contributed by atoms with Crippen LogP contribution in [-0.2, 0) is 0 Å². The van der Waals surface area contributed by atoms with Gasteiger partial charge >= 0.3 is 0 Å². The van der Waals surface area contributed by atoms with Gasteiger partial charge < -0.3 is 9.42 Å². The fourth-order valence-electron chi connectivity index (χ4n) is 4.95. The summed E-state index contributed by atoms with van der Waals surface area (Å²) in [6, 6.07) is 4.76. The highest BCUT2D eigenvalue weighted by molar-refractivity contribution is 5.70. The maximum Gasteiger partial charge on any atom is 0.261 e. The molecule has 3 aliphatic rings. The summed E-state index contributed by atoms with van der Waals surface area (Å²) in [7, 11) is 0. The second-order valence-corrected chi connectivity index (χ2v) is 7.41. The first-order valence-electron chi connectivity index (χ1n) is 9.04. The van der Waals surface area contributed by atoms with Gasteiger partial charge in [0.1, 0.15) is 5.82 Å². The quantitative estimate of drug-likeness (QED) is 0.845. The molecule has 3 fully saturated rings. The van der Waals surface area contributed by atoms with E-state index in [1.165, 1.54) is 32.4 Å². The summed E-state index contributed by atoms with van der Waals surface area (Å²) in [5, 5.41) is 3.93. The monoisotopic (exact) mass is 325 g/mol. The van der Waals surface area contributed by atoms with E-state index < -0.39 is 0 Å². The van der Waals surface area contributed by atoms with Crippen molar-refractivity contribution in [3.8, 4) is 11.5 Å². The minimum Gasteiger partial charge on any atom is -0.355 e. The zero-order valence-electron chi connectivity index (χ0n) is 14.1. The average Bonchev–Trinajstić information content (AvgIpc) is 3.29. The summed E-state index contributed by atoms with van der Waals surface area (Å²) >= 11 is 0. The van der Waals surface area contributed by atoms with Crippen LogP contribution >= 0.6 is 0 Å². The van der Waals surface area contributed by atoms with E-state index in [0.29, 0.717) is 11.7 Å². The summed E-state index contributed by atoms with van der Waals surface area (Å²) in [4.78, 5) is 14.2. The van der Waals surface area contributed by atoms with Gasteiger partial charge in [-0.1, -0.05) is 11.6 Å². The topological polar surface area (TPSA) is 58.3 Å². The van der Waals surface area contributed by atoms with Crippen LogP contribution in [0.4, 0.5) is 5.82 Å². The molecule has 3 aliphatic heterocycles. The first kappa shape index (κ1) is 14.4. The smallest absolute Gasteiger partial charge is 0.261 e. The number of hydrogen-bond acceptors (Lipinski definition) is 6. The van der Waals surface area contributed by atoms with E-state index in [9.17, 15) is 0 Å². The van der Waals surface area contributed by atoms with Gasteiger partial charge in [-0.2, -0.15) is 4.98 Å². The zero-order valence-corrected chi connectivity index (χ0v) is 14.1. The molecule has 0 unspecified atom stereocenters. The molecule has 0 saturated carbocycles. The van der Waals surface area contributed by atoms with E-state index in [1.54, 1.807) is 0 Å². The molecule has 2 aromatic rings. The predicted molar refractivity (Wildman–Crippen MR) is 90.7 cm³/mol. The maximum absolute atomic E-state index is 5.39. The molecule has 126 valence electrons. The lowest BCUT2D eigenvalue weighted by Crippen LogP contribution is -2.40. The molecule has 0 bridgehead atoms. The van der Waals surface area contributed by atoms with Crippen LogP contribution in [-0.4, -0.2) is 52.2 Å². The van der Waals surface area contributed by atoms with Crippen molar-refractivity contribution in [3.63, 3.8) is 0 Å². The standard InChI is InChI=1S/C18H23N5O/c1-12-20-18(24-21-12)14-5-4-7-19-17(14)23-10-13-9-22-8-3-2-6-16(22)15(13)11-23/h4-5,7,13,15-16H,2-3,6,8-11H2,1H3/t13-,15-,16+/m0/s1. The average molecular weight is 325 g/mol. The van der Waals surface area contributed by atoms with Crippen molar-refractivity contribution >= 4 is 5.82 Å². The molecular formula is C18H23N5O. The van der Waals surface area contributed by atoms with E-state index in [4.69, 9.17) is 4.52 Å². The van der Waals surface area contributed by atoms with Crippen LogP contribution in [0.15, 0.2) is 22.9 Å². The van der Waals surface area contributed by atoms with Crippen LogP contribution < -0.4 is 4.90 Å². The van der Waals surface area contributed by atoms with Crippen molar-refractivity contribution in [2.75, 3.05) is 31.1 Å². The van der Waals surface area contributed by atoms with Crippen molar-refractivity contribution in [2.45, 2.75) is 32.2 Å². The van der Waals surface area contributed by atoms with Crippen LogP contribution in [0.3, 0.4) is 0 Å². The van der Waals surface area contributed by atoms with Crippen molar-refractivity contribution in [2.24, 2.45) is 11.8 Å². The molecule has 0 aromatic carbocycles. The van der Waals surface area contributed by atoms with E-state index >= 15 is 0 Å². The molecule has 2 aromatic heterocycles. The Hall–Kier alpha value is -1.95. The van der Waals surface area contributed by atoms with Crippen LogP contribution in [0.2, 0.25) is 0 Å². The number of aromatic nitrogens is 3. The number of hydrogen-bond donors (Lipinski definition) is 0.